The van der Waals surface area contributed by atoms with E-state index in [0.717, 1.165) is 24.9 Å². The van der Waals surface area contributed by atoms with E-state index in [4.69, 9.17) is 0 Å². The molecule has 0 aliphatic carbocycles. The van der Waals surface area contributed by atoms with Gasteiger partial charge in [-0.1, -0.05) is 30.3 Å². The van der Waals surface area contributed by atoms with Crippen molar-refractivity contribution in [2.45, 2.75) is 18.8 Å². The molecule has 18 heavy (non-hydrogen) atoms. The van der Waals surface area contributed by atoms with Crippen molar-refractivity contribution in [1.82, 2.24) is 9.80 Å². The Balaban J connectivity index is 2.73. The van der Waals surface area contributed by atoms with Crippen LogP contribution in [-0.2, 0) is 4.79 Å². The first-order chi connectivity index (χ1) is 8.52. The minimum Gasteiger partial charge on any atom is -0.348 e. The topological polar surface area (TPSA) is 23.6 Å². The first-order valence-electron chi connectivity index (χ1n) is 6.43. The quantitative estimate of drug-likeness (QED) is 0.770. The Kier molecular flexibility index (Phi) is 5.86. The van der Waals surface area contributed by atoms with E-state index in [1.807, 2.05) is 44.4 Å². The number of carbonyl (C=O) groups excluding carboxylic acids is 1. The summed E-state index contributed by atoms with van der Waals surface area (Å²) in [4.78, 5) is 16.1. The Bertz CT molecular complexity index is 360. The highest BCUT2D eigenvalue weighted by Crippen LogP contribution is 2.23. The summed E-state index contributed by atoms with van der Waals surface area (Å²) in [5, 5.41) is 0. The number of carbonyl (C=O) groups is 1. The van der Waals surface area contributed by atoms with Crippen LogP contribution in [0.25, 0.3) is 0 Å². The number of rotatable bonds is 6. The summed E-state index contributed by atoms with van der Waals surface area (Å²) < 4.78 is 0. The average molecular weight is 248 g/mol. The molecule has 0 N–H and O–H groups in total. The van der Waals surface area contributed by atoms with Gasteiger partial charge in [-0.3, -0.25) is 4.79 Å². The lowest BCUT2D eigenvalue weighted by molar-refractivity contribution is -0.130. The van der Waals surface area contributed by atoms with Gasteiger partial charge in [0.2, 0.25) is 5.91 Å². The standard InChI is InChI=1S/C15H24N2O/c1-16(2)12-8-11-14(15(18)17(3)4)13-9-6-5-7-10-13/h5-7,9-10,14H,8,11-12H2,1-4H3. The molecular weight excluding hydrogens is 224 g/mol. The van der Waals surface area contributed by atoms with Crippen LogP contribution in [0.3, 0.4) is 0 Å². The lowest BCUT2D eigenvalue weighted by Crippen LogP contribution is -2.29. The van der Waals surface area contributed by atoms with Crippen molar-refractivity contribution < 1.29 is 4.79 Å². The van der Waals surface area contributed by atoms with E-state index in [2.05, 4.69) is 19.0 Å². The molecule has 0 aromatic heterocycles. The molecular formula is C15H24N2O. The predicted molar refractivity (Wildman–Crippen MR) is 75.7 cm³/mol. The minimum absolute atomic E-state index is 0.0128. The molecule has 0 bridgehead atoms. The number of hydrogen-bond acceptors (Lipinski definition) is 2. The maximum absolute atomic E-state index is 12.2. The van der Waals surface area contributed by atoms with Gasteiger partial charge in [-0.2, -0.15) is 0 Å². The Morgan fingerprint density at radius 1 is 1.11 bits per heavy atom. The van der Waals surface area contributed by atoms with Gasteiger partial charge < -0.3 is 9.80 Å². The summed E-state index contributed by atoms with van der Waals surface area (Å²) in [5.74, 6) is 0.182. The van der Waals surface area contributed by atoms with Crippen LogP contribution in [0.1, 0.15) is 24.3 Å². The van der Waals surface area contributed by atoms with Crippen molar-refractivity contribution in [3.63, 3.8) is 0 Å². The Hall–Kier alpha value is -1.35. The largest absolute Gasteiger partial charge is 0.348 e. The zero-order valence-electron chi connectivity index (χ0n) is 11.9. The third kappa shape index (κ3) is 4.49. The fourth-order valence-corrected chi connectivity index (χ4v) is 2.04. The van der Waals surface area contributed by atoms with Gasteiger partial charge in [0.05, 0.1) is 5.92 Å². The van der Waals surface area contributed by atoms with Gasteiger partial charge in [0.25, 0.3) is 0 Å². The molecule has 0 saturated heterocycles. The average Bonchev–Trinajstić information content (AvgIpc) is 2.34. The van der Waals surface area contributed by atoms with Crippen LogP contribution in [0, 0.1) is 0 Å². The number of nitrogens with zero attached hydrogens (tertiary/aromatic N) is 2. The summed E-state index contributed by atoms with van der Waals surface area (Å²) in [5.41, 5.74) is 1.12. The fraction of sp³-hybridized carbons (Fsp3) is 0.533. The molecule has 1 unspecified atom stereocenters. The highest BCUT2D eigenvalue weighted by atomic mass is 16.2. The zero-order valence-corrected chi connectivity index (χ0v) is 11.9. The van der Waals surface area contributed by atoms with Gasteiger partial charge in [0.15, 0.2) is 0 Å². The lowest BCUT2D eigenvalue weighted by atomic mass is 9.93. The Morgan fingerprint density at radius 3 is 2.22 bits per heavy atom. The van der Waals surface area contributed by atoms with Crippen molar-refractivity contribution >= 4 is 5.91 Å². The third-order valence-corrected chi connectivity index (χ3v) is 3.04. The molecule has 3 nitrogen and oxygen atoms in total. The summed E-state index contributed by atoms with van der Waals surface area (Å²) in [7, 11) is 7.77. The lowest BCUT2D eigenvalue weighted by Gasteiger charge is -2.21. The van der Waals surface area contributed by atoms with Crippen LogP contribution in [-0.4, -0.2) is 50.4 Å². The highest BCUT2D eigenvalue weighted by Gasteiger charge is 2.21. The van der Waals surface area contributed by atoms with Crippen LogP contribution < -0.4 is 0 Å². The van der Waals surface area contributed by atoms with Gasteiger partial charge in [-0.15, -0.1) is 0 Å². The van der Waals surface area contributed by atoms with Crippen LogP contribution in [0.2, 0.25) is 0 Å². The molecule has 1 aromatic carbocycles. The van der Waals surface area contributed by atoms with Crippen LogP contribution >= 0.6 is 0 Å². The smallest absolute Gasteiger partial charge is 0.229 e. The maximum atomic E-state index is 12.2. The molecule has 0 spiro atoms. The molecule has 0 heterocycles. The van der Waals surface area contributed by atoms with Crippen molar-refractivity contribution in [1.29, 1.82) is 0 Å². The van der Waals surface area contributed by atoms with Gasteiger partial charge in [0, 0.05) is 14.1 Å². The predicted octanol–water partition coefficient (Wildman–Crippen LogP) is 2.20. The van der Waals surface area contributed by atoms with Crippen molar-refractivity contribution in [3.8, 4) is 0 Å². The summed E-state index contributed by atoms with van der Waals surface area (Å²) in [6.45, 7) is 1.02. The second-order valence-corrected chi connectivity index (χ2v) is 5.14. The van der Waals surface area contributed by atoms with E-state index >= 15 is 0 Å². The van der Waals surface area contributed by atoms with E-state index in [-0.39, 0.29) is 11.8 Å². The second kappa shape index (κ2) is 7.17. The molecule has 0 aliphatic heterocycles. The highest BCUT2D eigenvalue weighted by molar-refractivity contribution is 5.83. The molecule has 1 aromatic rings. The number of likely N-dealkylation sites (N-methyl/N-ethyl adjacent to an activating group) is 1. The monoisotopic (exact) mass is 248 g/mol. The van der Waals surface area contributed by atoms with Crippen molar-refractivity contribution in [2.24, 2.45) is 0 Å². The van der Waals surface area contributed by atoms with Crippen LogP contribution in [0.15, 0.2) is 30.3 Å². The van der Waals surface area contributed by atoms with Gasteiger partial charge in [-0.25, -0.2) is 0 Å². The molecule has 1 atom stereocenters. The summed E-state index contributed by atoms with van der Waals surface area (Å²) >= 11 is 0. The van der Waals surface area contributed by atoms with Crippen LogP contribution in [0.4, 0.5) is 0 Å². The normalized spacial score (nSPS) is 12.5. The third-order valence-electron chi connectivity index (χ3n) is 3.04. The molecule has 1 rings (SSSR count). The SMILES string of the molecule is CN(C)CCCC(C(=O)N(C)C)c1ccccc1. The van der Waals surface area contributed by atoms with Gasteiger partial charge in [0.1, 0.15) is 0 Å². The molecule has 0 radical (unpaired) electrons. The summed E-state index contributed by atoms with van der Waals surface area (Å²) in [6, 6.07) is 10.1. The van der Waals surface area contributed by atoms with Crippen molar-refractivity contribution in [2.75, 3.05) is 34.7 Å². The molecule has 0 aliphatic rings. The summed E-state index contributed by atoms with van der Waals surface area (Å²) in [6.07, 6.45) is 1.94. The second-order valence-electron chi connectivity index (χ2n) is 5.14. The van der Waals surface area contributed by atoms with Gasteiger partial charge >= 0.3 is 0 Å². The van der Waals surface area contributed by atoms with E-state index in [1.165, 1.54) is 0 Å². The first-order valence-corrected chi connectivity index (χ1v) is 6.43. The van der Waals surface area contributed by atoms with Gasteiger partial charge in [-0.05, 0) is 39.0 Å². The minimum atomic E-state index is -0.0128. The van der Waals surface area contributed by atoms with E-state index in [1.54, 1.807) is 4.90 Å². The number of hydrogen-bond donors (Lipinski definition) is 0. The molecule has 100 valence electrons. The number of benzene rings is 1. The van der Waals surface area contributed by atoms with E-state index in [9.17, 15) is 4.79 Å². The molecule has 3 heteroatoms. The molecule has 1 amide bonds. The first kappa shape index (κ1) is 14.7. The Morgan fingerprint density at radius 2 is 1.72 bits per heavy atom. The fourth-order valence-electron chi connectivity index (χ4n) is 2.04. The maximum Gasteiger partial charge on any atom is 0.229 e. The van der Waals surface area contributed by atoms with Crippen LogP contribution in [0.5, 0.6) is 0 Å². The molecule has 0 fully saturated rings. The number of amides is 1. The molecule has 0 saturated carbocycles. The van der Waals surface area contributed by atoms with E-state index < -0.39 is 0 Å². The Labute approximate surface area is 110 Å². The van der Waals surface area contributed by atoms with Crippen molar-refractivity contribution in [3.05, 3.63) is 35.9 Å². The van der Waals surface area contributed by atoms with E-state index in [0.29, 0.717) is 0 Å². The zero-order chi connectivity index (χ0) is 13.5.